The van der Waals surface area contributed by atoms with Crippen molar-refractivity contribution in [2.45, 2.75) is 44.6 Å². The number of amides is 3. The van der Waals surface area contributed by atoms with Gasteiger partial charge in [0, 0.05) is 19.0 Å². The summed E-state index contributed by atoms with van der Waals surface area (Å²) in [6, 6.07) is 7.35. The number of benzene rings is 1. The monoisotopic (exact) mass is 363 g/mol. The van der Waals surface area contributed by atoms with E-state index in [0.29, 0.717) is 19.7 Å². The minimum absolute atomic E-state index is 0.110. The van der Waals surface area contributed by atoms with E-state index in [1.54, 1.807) is 7.11 Å². The van der Waals surface area contributed by atoms with E-state index in [-0.39, 0.29) is 24.4 Å². The quantitative estimate of drug-likeness (QED) is 0.587. The lowest BCUT2D eigenvalue weighted by molar-refractivity contribution is -0.121. The maximum atomic E-state index is 11.8. The van der Waals surface area contributed by atoms with Crippen LogP contribution < -0.4 is 25.4 Å². The summed E-state index contributed by atoms with van der Waals surface area (Å²) in [5.74, 6) is 1.38. The van der Waals surface area contributed by atoms with Gasteiger partial charge in [0.05, 0.1) is 13.7 Å². The number of rotatable bonds is 9. The SMILES string of the molecule is COc1ccc(OCCNC(=O)CCNC(=O)NC2CCCCC2)cc1. The highest BCUT2D eigenvalue weighted by molar-refractivity contribution is 5.78. The molecule has 1 aliphatic rings. The van der Waals surface area contributed by atoms with Crippen LogP contribution in [0.25, 0.3) is 0 Å². The molecular weight excluding hydrogens is 334 g/mol. The van der Waals surface area contributed by atoms with Crippen molar-refractivity contribution in [2.75, 3.05) is 26.8 Å². The normalized spacial score (nSPS) is 14.3. The first-order valence-corrected chi connectivity index (χ1v) is 9.25. The van der Waals surface area contributed by atoms with Crippen LogP contribution in [0.3, 0.4) is 0 Å². The molecule has 1 aliphatic carbocycles. The summed E-state index contributed by atoms with van der Waals surface area (Å²) < 4.78 is 10.6. The second-order valence-corrected chi connectivity index (χ2v) is 6.36. The fourth-order valence-electron chi connectivity index (χ4n) is 2.89. The van der Waals surface area contributed by atoms with Gasteiger partial charge in [0.25, 0.3) is 0 Å². The number of methoxy groups -OCH3 is 1. The average Bonchev–Trinajstić information content (AvgIpc) is 2.66. The van der Waals surface area contributed by atoms with Gasteiger partial charge in [-0.25, -0.2) is 4.79 Å². The number of carbonyl (C=O) groups excluding carboxylic acids is 2. The molecule has 0 atom stereocenters. The van der Waals surface area contributed by atoms with E-state index in [0.717, 1.165) is 24.3 Å². The van der Waals surface area contributed by atoms with Gasteiger partial charge in [0.1, 0.15) is 18.1 Å². The molecule has 1 aromatic rings. The molecule has 0 spiro atoms. The molecule has 0 radical (unpaired) electrons. The lowest BCUT2D eigenvalue weighted by Crippen LogP contribution is -2.44. The van der Waals surface area contributed by atoms with Crippen molar-refractivity contribution in [1.82, 2.24) is 16.0 Å². The smallest absolute Gasteiger partial charge is 0.315 e. The molecule has 0 heterocycles. The van der Waals surface area contributed by atoms with Crippen LogP contribution in [-0.2, 0) is 4.79 Å². The standard InChI is InChI=1S/C19H29N3O4/c1-25-16-7-9-17(10-8-16)26-14-13-20-18(23)11-12-21-19(24)22-15-5-3-2-4-6-15/h7-10,15H,2-6,11-14H2,1H3,(H,20,23)(H2,21,22,24). The molecule has 26 heavy (non-hydrogen) atoms. The summed E-state index contributed by atoms with van der Waals surface area (Å²) in [5.41, 5.74) is 0. The highest BCUT2D eigenvalue weighted by Crippen LogP contribution is 2.17. The minimum Gasteiger partial charge on any atom is -0.497 e. The molecule has 1 aromatic carbocycles. The van der Waals surface area contributed by atoms with Gasteiger partial charge in [-0.2, -0.15) is 0 Å². The third kappa shape index (κ3) is 7.63. The average molecular weight is 363 g/mol. The Kier molecular flexibility index (Phi) is 8.59. The number of nitrogens with one attached hydrogen (secondary N) is 3. The van der Waals surface area contributed by atoms with E-state index in [4.69, 9.17) is 9.47 Å². The Morgan fingerprint density at radius 3 is 2.38 bits per heavy atom. The van der Waals surface area contributed by atoms with Crippen LogP contribution in [0.1, 0.15) is 38.5 Å². The molecule has 7 heteroatoms. The van der Waals surface area contributed by atoms with E-state index >= 15 is 0 Å². The topological polar surface area (TPSA) is 88.7 Å². The Bertz CT molecular complexity index is 556. The van der Waals surface area contributed by atoms with Gasteiger partial charge in [0.2, 0.25) is 5.91 Å². The predicted octanol–water partition coefficient (Wildman–Crippen LogP) is 2.21. The molecule has 3 amide bonds. The molecular formula is C19H29N3O4. The van der Waals surface area contributed by atoms with Gasteiger partial charge in [-0.3, -0.25) is 4.79 Å². The lowest BCUT2D eigenvalue weighted by atomic mass is 9.96. The van der Waals surface area contributed by atoms with Crippen molar-refractivity contribution >= 4 is 11.9 Å². The fraction of sp³-hybridized carbons (Fsp3) is 0.579. The molecule has 1 saturated carbocycles. The van der Waals surface area contributed by atoms with Gasteiger partial charge in [-0.1, -0.05) is 19.3 Å². The third-order valence-electron chi connectivity index (χ3n) is 4.33. The van der Waals surface area contributed by atoms with E-state index < -0.39 is 0 Å². The summed E-state index contributed by atoms with van der Waals surface area (Å²) in [4.78, 5) is 23.5. The molecule has 7 nitrogen and oxygen atoms in total. The van der Waals surface area contributed by atoms with Crippen LogP contribution in [0.15, 0.2) is 24.3 Å². The molecule has 0 unspecified atom stereocenters. The molecule has 0 saturated heterocycles. The Morgan fingerprint density at radius 1 is 1.00 bits per heavy atom. The van der Waals surface area contributed by atoms with Crippen LogP contribution in [-0.4, -0.2) is 44.8 Å². The largest absolute Gasteiger partial charge is 0.497 e. The summed E-state index contributed by atoms with van der Waals surface area (Å²) >= 11 is 0. The van der Waals surface area contributed by atoms with E-state index in [9.17, 15) is 9.59 Å². The summed E-state index contributed by atoms with van der Waals surface area (Å²) in [6.07, 6.45) is 5.94. The molecule has 2 rings (SSSR count). The third-order valence-corrected chi connectivity index (χ3v) is 4.33. The fourth-order valence-corrected chi connectivity index (χ4v) is 2.89. The maximum absolute atomic E-state index is 11.8. The molecule has 0 aliphatic heterocycles. The zero-order chi connectivity index (χ0) is 18.6. The van der Waals surface area contributed by atoms with Crippen LogP contribution >= 0.6 is 0 Å². The van der Waals surface area contributed by atoms with Crippen LogP contribution in [0.4, 0.5) is 4.79 Å². The lowest BCUT2D eigenvalue weighted by Gasteiger charge is -2.22. The highest BCUT2D eigenvalue weighted by atomic mass is 16.5. The Hall–Kier alpha value is -2.44. The van der Waals surface area contributed by atoms with Gasteiger partial charge in [-0.15, -0.1) is 0 Å². The second-order valence-electron chi connectivity index (χ2n) is 6.36. The molecule has 0 bridgehead atoms. The number of carbonyl (C=O) groups is 2. The van der Waals surface area contributed by atoms with Gasteiger partial charge < -0.3 is 25.4 Å². The Labute approximate surface area is 154 Å². The van der Waals surface area contributed by atoms with Gasteiger partial charge in [-0.05, 0) is 37.1 Å². The van der Waals surface area contributed by atoms with Crippen molar-refractivity contribution in [3.8, 4) is 11.5 Å². The Morgan fingerprint density at radius 2 is 1.69 bits per heavy atom. The maximum Gasteiger partial charge on any atom is 0.315 e. The summed E-state index contributed by atoms with van der Waals surface area (Å²) in [6.45, 7) is 1.12. The molecule has 1 fully saturated rings. The number of hydrogen-bond donors (Lipinski definition) is 3. The minimum atomic E-state index is -0.187. The molecule has 0 aromatic heterocycles. The van der Waals surface area contributed by atoms with E-state index in [2.05, 4.69) is 16.0 Å². The first-order valence-electron chi connectivity index (χ1n) is 9.25. The first-order chi connectivity index (χ1) is 12.7. The van der Waals surface area contributed by atoms with Crippen LogP contribution in [0.5, 0.6) is 11.5 Å². The van der Waals surface area contributed by atoms with Crippen molar-refractivity contribution in [3.63, 3.8) is 0 Å². The van der Waals surface area contributed by atoms with Crippen LogP contribution in [0, 0.1) is 0 Å². The van der Waals surface area contributed by atoms with Crippen molar-refractivity contribution < 1.29 is 19.1 Å². The van der Waals surface area contributed by atoms with Gasteiger partial charge in [0.15, 0.2) is 0 Å². The number of urea groups is 1. The Balaban J connectivity index is 1.49. The van der Waals surface area contributed by atoms with Gasteiger partial charge >= 0.3 is 6.03 Å². The highest BCUT2D eigenvalue weighted by Gasteiger charge is 2.15. The van der Waals surface area contributed by atoms with E-state index in [1.807, 2.05) is 24.3 Å². The zero-order valence-corrected chi connectivity index (χ0v) is 15.4. The zero-order valence-electron chi connectivity index (χ0n) is 15.4. The summed E-state index contributed by atoms with van der Waals surface area (Å²) in [7, 11) is 1.61. The molecule has 3 N–H and O–H groups in total. The predicted molar refractivity (Wildman–Crippen MR) is 99.5 cm³/mol. The van der Waals surface area contributed by atoms with Crippen molar-refractivity contribution in [3.05, 3.63) is 24.3 Å². The van der Waals surface area contributed by atoms with Crippen LogP contribution in [0.2, 0.25) is 0 Å². The van der Waals surface area contributed by atoms with E-state index in [1.165, 1.54) is 19.3 Å². The molecule has 144 valence electrons. The van der Waals surface area contributed by atoms with Crippen molar-refractivity contribution in [2.24, 2.45) is 0 Å². The number of hydrogen-bond acceptors (Lipinski definition) is 4. The summed E-state index contributed by atoms with van der Waals surface area (Å²) in [5, 5.41) is 8.46. The van der Waals surface area contributed by atoms with Crippen molar-refractivity contribution in [1.29, 1.82) is 0 Å². The first kappa shape index (κ1) is 19.9. The number of ether oxygens (including phenoxy) is 2. The second kappa shape index (κ2) is 11.2.